The highest BCUT2D eigenvalue weighted by Crippen LogP contribution is 2.32. The molecule has 0 saturated heterocycles. The van der Waals surface area contributed by atoms with E-state index in [0.717, 1.165) is 0 Å². The highest BCUT2D eigenvalue weighted by atomic mass is 16.5. The molecule has 0 radical (unpaired) electrons. The molecule has 0 amide bonds. The lowest BCUT2D eigenvalue weighted by Crippen LogP contribution is -2.48. The molecule has 0 aromatic carbocycles. The second-order valence-electron chi connectivity index (χ2n) is 4.49. The molecule has 2 nitrogen and oxygen atoms in total. The standard InChI is InChI=1S/C10H21NO/c1-10(2,11)8-6-4-5-7-9(8)12-3/h8-9H,4-7,11H2,1-3H3. The summed E-state index contributed by atoms with van der Waals surface area (Å²) in [6.07, 6.45) is 5.40. The van der Waals surface area contributed by atoms with Gasteiger partial charge in [-0.2, -0.15) is 0 Å². The van der Waals surface area contributed by atoms with Gasteiger partial charge in [0.1, 0.15) is 0 Å². The zero-order valence-electron chi connectivity index (χ0n) is 8.47. The van der Waals surface area contributed by atoms with Gasteiger partial charge in [-0.05, 0) is 26.7 Å². The largest absolute Gasteiger partial charge is 0.381 e. The van der Waals surface area contributed by atoms with Crippen molar-refractivity contribution >= 4 is 0 Å². The summed E-state index contributed by atoms with van der Waals surface area (Å²) in [7, 11) is 1.80. The van der Waals surface area contributed by atoms with Crippen LogP contribution in [0, 0.1) is 5.92 Å². The molecule has 12 heavy (non-hydrogen) atoms. The van der Waals surface area contributed by atoms with Gasteiger partial charge in [-0.15, -0.1) is 0 Å². The normalized spacial score (nSPS) is 32.0. The molecule has 2 atom stereocenters. The summed E-state index contributed by atoms with van der Waals surface area (Å²) in [6, 6.07) is 0. The third-order valence-electron chi connectivity index (χ3n) is 2.96. The number of ether oxygens (including phenoxy) is 1. The number of nitrogens with two attached hydrogens (primary N) is 1. The molecule has 2 unspecified atom stereocenters. The van der Waals surface area contributed by atoms with Crippen molar-refractivity contribution < 1.29 is 4.74 Å². The van der Waals surface area contributed by atoms with Gasteiger partial charge in [0.25, 0.3) is 0 Å². The van der Waals surface area contributed by atoms with E-state index < -0.39 is 0 Å². The number of rotatable bonds is 2. The second-order valence-corrected chi connectivity index (χ2v) is 4.49. The number of hydrogen-bond acceptors (Lipinski definition) is 2. The molecule has 1 fully saturated rings. The zero-order valence-corrected chi connectivity index (χ0v) is 8.47. The molecule has 0 aromatic rings. The van der Waals surface area contributed by atoms with Crippen LogP contribution in [0.5, 0.6) is 0 Å². The quantitative estimate of drug-likeness (QED) is 0.689. The maximum atomic E-state index is 6.10. The van der Waals surface area contributed by atoms with Crippen molar-refractivity contribution in [2.45, 2.75) is 51.2 Å². The molecule has 1 saturated carbocycles. The Morgan fingerprint density at radius 3 is 2.25 bits per heavy atom. The Kier molecular flexibility index (Phi) is 3.13. The lowest BCUT2D eigenvalue weighted by Gasteiger charge is -2.39. The van der Waals surface area contributed by atoms with Gasteiger partial charge >= 0.3 is 0 Å². The van der Waals surface area contributed by atoms with E-state index in [9.17, 15) is 0 Å². The molecule has 2 heteroatoms. The van der Waals surface area contributed by atoms with Crippen molar-refractivity contribution in [3.8, 4) is 0 Å². The van der Waals surface area contributed by atoms with Crippen LogP contribution >= 0.6 is 0 Å². The van der Waals surface area contributed by atoms with Crippen LogP contribution in [0.3, 0.4) is 0 Å². The summed E-state index contributed by atoms with van der Waals surface area (Å²) in [6.45, 7) is 4.21. The van der Waals surface area contributed by atoms with Crippen LogP contribution in [-0.4, -0.2) is 18.8 Å². The van der Waals surface area contributed by atoms with Crippen molar-refractivity contribution in [3.63, 3.8) is 0 Å². The van der Waals surface area contributed by atoms with Crippen molar-refractivity contribution in [2.24, 2.45) is 11.7 Å². The van der Waals surface area contributed by atoms with Crippen LogP contribution < -0.4 is 5.73 Å². The first-order chi connectivity index (χ1) is 5.55. The fourth-order valence-corrected chi connectivity index (χ4v) is 2.23. The Balaban J connectivity index is 2.59. The lowest BCUT2D eigenvalue weighted by atomic mass is 9.75. The SMILES string of the molecule is COC1CCCCC1C(C)(C)N. The maximum absolute atomic E-state index is 6.10. The molecule has 72 valence electrons. The van der Waals surface area contributed by atoms with Crippen LogP contribution in [0.4, 0.5) is 0 Å². The van der Waals surface area contributed by atoms with E-state index in [0.29, 0.717) is 12.0 Å². The summed E-state index contributed by atoms with van der Waals surface area (Å²) in [5, 5.41) is 0. The van der Waals surface area contributed by atoms with Crippen molar-refractivity contribution in [1.29, 1.82) is 0 Å². The summed E-state index contributed by atoms with van der Waals surface area (Å²) in [4.78, 5) is 0. The van der Waals surface area contributed by atoms with Gasteiger partial charge in [0.2, 0.25) is 0 Å². The monoisotopic (exact) mass is 171 g/mol. The molecular weight excluding hydrogens is 150 g/mol. The second kappa shape index (κ2) is 3.75. The molecule has 0 aliphatic heterocycles. The Labute approximate surface area is 75.5 Å². The zero-order chi connectivity index (χ0) is 9.19. The average Bonchev–Trinajstić information content (AvgIpc) is 2.03. The van der Waals surface area contributed by atoms with Crippen molar-refractivity contribution in [3.05, 3.63) is 0 Å². The summed E-state index contributed by atoms with van der Waals surface area (Å²) in [5.41, 5.74) is 6.01. The smallest absolute Gasteiger partial charge is 0.0616 e. The molecule has 1 rings (SSSR count). The first-order valence-corrected chi connectivity index (χ1v) is 4.87. The molecule has 1 aliphatic rings. The van der Waals surface area contributed by atoms with Crippen molar-refractivity contribution in [1.82, 2.24) is 0 Å². The molecule has 0 aromatic heterocycles. The van der Waals surface area contributed by atoms with Gasteiger partial charge in [-0.25, -0.2) is 0 Å². The molecular formula is C10H21NO. The Bertz CT molecular complexity index is 139. The third kappa shape index (κ3) is 2.20. The summed E-state index contributed by atoms with van der Waals surface area (Å²) < 4.78 is 5.45. The number of hydrogen-bond donors (Lipinski definition) is 1. The molecule has 2 N–H and O–H groups in total. The fourth-order valence-electron chi connectivity index (χ4n) is 2.23. The van der Waals surface area contributed by atoms with Gasteiger partial charge in [0.05, 0.1) is 6.10 Å². The first-order valence-electron chi connectivity index (χ1n) is 4.87. The van der Waals surface area contributed by atoms with Crippen molar-refractivity contribution in [2.75, 3.05) is 7.11 Å². The Morgan fingerprint density at radius 2 is 1.83 bits per heavy atom. The highest BCUT2D eigenvalue weighted by Gasteiger charge is 2.34. The molecule has 1 aliphatic carbocycles. The topological polar surface area (TPSA) is 35.2 Å². The summed E-state index contributed by atoms with van der Waals surface area (Å²) in [5.74, 6) is 0.538. The average molecular weight is 171 g/mol. The van der Waals surface area contributed by atoms with Crippen LogP contribution in [0.1, 0.15) is 39.5 Å². The van der Waals surface area contributed by atoms with Crippen LogP contribution in [-0.2, 0) is 4.74 Å². The predicted octanol–water partition coefficient (Wildman–Crippen LogP) is 1.93. The van der Waals surface area contributed by atoms with E-state index in [1.807, 2.05) is 0 Å². The summed E-state index contributed by atoms with van der Waals surface area (Å²) >= 11 is 0. The minimum atomic E-state index is -0.0822. The Morgan fingerprint density at radius 1 is 1.25 bits per heavy atom. The van der Waals surface area contributed by atoms with Gasteiger partial charge in [-0.3, -0.25) is 0 Å². The lowest BCUT2D eigenvalue weighted by molar-refractivity contribution is -0.00250. The number of methoxy groups -OCH3 is 1. The molecule has 0 heterocycles. The van der Waals surface area contributed by atoms with Crippen LogP contribution in [0.25, 0.3) is 0 Å². The van der Waals surface area contributed by atoms with Gasteiger partial charge in [0.15, 0.2) is 0 Å². The first kappa shape index (κ1) is 10.0. The van der Waals surface area contributed by atoms with E-state index in [1.165, 1.54) is 25.7 Å². The molecule has 0 spiro atoms. The minimum Gasteiger partial charge on any atom is -0.381 e. The fraction of sp³-hybridized carbons (Fsp3) is 1.00. The predicted molar refractivity (Wildman–Crippen MR) is 51.0 cm³/mol. The van der Waals surface area contributed by atoms with Crippen LogP contribution in [0.15, 0.2) is 0 Å². The van der Waals surface area contributed by atoms with E-state index in [1.54, 1.807) is 7.11 Å². The van der Waals surface area contributed by atoms with Gasteiger partial charge in [-0.1, -0.05) is 12.8 Å². The van der Waals surface area contributed by atoms with E-state index in [-0.39, 0.29) is 5.54 Å². The van der Waals surface area contributed by atoms with Gasteiger partial charge < -0.3 is 10.5 Å². The highest BCUT2D eigenvalue weighted by molar-refractivity contribution is 4.90. The third-order valence-corrected chi connectivity index (χ3v) is 2.96. The van der Waals surface area contributed by atoms with Crippen LogP contribution in [0.2, 0.25) is 0 Å². The maximum Gasteiger partial charge on any atom is 0.0616 e. The Hall–Kier alpha value is -0.0800. The van der Waals surface area contributed by atoms with E-state index in [2.05, 4.69) is 13.8 Å². The van der Waals surface area contributed by atoms with E-state index >= 15 is 0 Å². The minimum absolute atomic E-state index is 0.0822. The molecule has 0 bridgehead atoms. The van der Waals surface area contributed by atoms with Gasteiger partial charge in [0, 0.05) is 18.6 Å². The van der Waals surface area contributed by atoms with E-state index in [4.69, 9.17) is 10.5 Å².